The number of halogens is 1. The molecule has 3 nitrogen and oxygen atoms in total. The second-order valence-corrected chi connectivity index (χ2v) is 5.68. The van der Waals surface area contributed by atoms with Crippen molar-refractivity contribution in [3.05, 3.63) is 23.8 Å². The molecule has 2 fully saturated rings. The third-order valence-corrected chi connectivity index (χ3v) is 4.57. The number of piperidine rings is 1. The highest BCUT2D eigenvalue weighted by Crippen LogP contribution is 2.44. The molecule has 0 bridgehead atoms. The van der Waals surface area contributed by atoms with Crippen molar-refractivity contribution < 1.29 is 9.18 Å². The largest absolute Gasteiger partial charge is 0.348 e. The van der Waals surface area contributed by atoms with Gasteiger partial charge >= 0.3 is 0 Å². The number of likely N-dealkylation sites (tertiary alicyclic amines) is 1. The Hall–Kier alpha value is -1.16. The van der Waals surface area contributed by atoms with Gasteiger partial charge in [-0.1, -0.05) is 18.2 Å². The third-order valence-electron chi connectivity index (χ3n) is 4.57. The number of hydrogen-bond donors (Lipinski definition) is 1. The molecule has 2 saturated heterocycles. The van der Waals surface area contributed by atoms with Gasteiger partial charge in [-0.15, -0.1) is 0 Å². The van der Waals surface area contributed by atoms with Gasteiger partial charge in [-0.2, -0.15) is 0 Å². The average Bonchev–Trinajstić information content (AvgIpc) is 2.38. The Labute approximate surface area is 107 Å². The topological polar surface area (TPSA) is 32.3 Å². The predicted molar refractivity (Wildman–Crippen MR) is 67.8 cm³/mol. The first-order valence-electron chi connectivity index (χ1n) is 6.64. The number of amides is 1. The fourth-order valence-electron chi connectivity index (χ4n) is 3.23. The summed E-state index contributed by atoms with van der Waals surface area (Å²) >= 11 is 0. The molecule has 1 spiro atoms. The molecule has 3 aliphatic rings. The lowest BCUT2D eigenvalue weighted by atomic mass is 9.63. The molecule has 0 aromatic carbocycles. The minimum Gasteiger partial charge on any atom is -0.348 e. The average molecular weight is 250 g/mol. The predicted octanol–water partition coefficient (Wildman–Crippen LogP) is 1.42. The maximum Gasteiger partial charge on any atom is 0.229 e. The summed E-state index contributed by atoms with van der Waals surface area (Å²) in [6.07, 6.45) is 6.77. The van der Waals surface area contributed by atoms with Crippen molar-refractivity contribution in [2.75, 3.05) is 20.1 Å². The molecule has 1 aliphatic carbocycles. The van der Waals surface area contributed by atoms with Crippen molar-refractivity contribution in [2.24, 2.45) is 5.41 Å². The molecule has 4 heteroatoms. The lowest BCUT2D eigenvalue weighted by Gasteiger charge is -2.53. The number of carbonyl (C=O) groups is 1. The third kappa shape index (κ3) is 1.70. The second kappa shape index (κ2) is 4.19. The first kappa shape index (κ1) is 11.9. The van der Waals surface area contributed by atoms with E-state index in [0.717, 1.165) is 31.5 Å². The van der Waals surface area contributed by atoms with E-state index in [1.54, 1.807) is 6.08 Å². The van der Waals surface area contributed by atoms with Crippen LogP contribution in [0.5, 0.6) is 0 Å². The van der Waals surface area contributed by atoms with Gasteiger partial charge in [0, 0.05) is 6.42 Å². The molecule has 2 unspecified atom stereocenters. The molecule has 0 saturated carbocycles. The molecule has 1 N–H and O–H groups in total. The lowest BCUT2D eigenvalue weighted by molar-refractivity contribution is -0.148. The maximum atomic E-state index is 13.1. The van der Waals surface area contributed by atoms with Crippen LogP contribution in [-0.4, -0.2) is 43.2 Å². The fourth-order valence-corrected chi connectivity index (χ4v) is 3.23. The summed E-state index contributed by atoms with van der Waals surface area (Å²) < 4.78 is 13.1. The van der Waals surface area contributed by atoms with Crippen LogP contribution in [0.4, 0.5) is 4.39 Å². The molecular weight excluding hydrogens is 231 g/mol. The molecule has 2 heterocycles. The highest BCUT2D eigenvalue weighted by molar-refractivity contribution is 5.91. The number of allylic oxidation sites excluding steroid dienone is 2. The van der Waals surface area contributed by atoms with E-state index in [1.165, 1.54) is 0 Å². The van der Waals surface area contributed by atoms with E-state index in [-0.39, 0.29) is 17.4 Å². The summed E-state index contributed by atoms with van der Waals surface area (Å²) in [5.41, 5.74) is 0.860. The number of nitrogens with one attached hydrogen (secondary N) is 1. The summed E-state index contributed by atoms with van der Waals surface area (Å²) in [6, 6.07) is 0.0995. The monoisotopic (exact) mass is 250 g/mol. The molecule has 2 atom stereocenters. The number of rotatable bonds is 1. The Morgan fingerprint density at radius 1 is 1.44 bits per heavy atom. The Kier molecular flexibility index (Phi) is 2.77. The number of hydrogen-bond acceptors (Lipinski definition) is 2. The normalized spacial score (nSPS) is 35.0. The van der Waals surface area contributed by atoms with Crippen molar-refractivity contribution in [1.82, 2.24) is 10.2 Å². The summed E-state index contributed by atoms with van der Waals surface area (Å²) in [5.74, 6) is 0.178. The summed E-state index contributed by atoms with van der Waals surface area (Å²) in [7, 11) is 2.09. The van der Waals surface area contributed by atoms with Crippen molar-refractivity contribution in [3.63, 3.8) is 0 Å². The van der Waals surface area contributed by atoms with E-state index in [2.05, 4.69) is 17.3 Å². The lowest BCUT2D eigenvalue weighted by Crippen LogP contribution is -2.70. The zero-order valence-corrected chi connectivity index (χ0v) is 10.7. The number of alkyl halides is 1. The molecule has 3 rings (SSSR count). The van der Waals surface area contributed by atoms with Crippen LogP contribution in [0.15, 0.2) is 23.8 Å². The molecular formula is C14H19FN2O. The first-order chi connectivity index (χ1) is 8.62. The second-order valence-electron chi connectivity index (χ2n) is 5.68. The van der Waals surface area contributed by atoms with Crippen LogP contribution in [0.1, 0.15) is 19.3 Å². The van der Waals surface area contributed by atoms with Crippen molar-refractivity contribution in [3.8, 4) is 0 Å². The fraction of sp³-hybridized carbons (Fsp3) is 0.643. The summed E-state index contributed by atoms with van der Waals surface area (Å²) in [4.78, 5) is 14.2. The van der Waals surface area contributed by atoms with Gasteiger partial charge in [0.1, 0.15) is 6.17 Å². The summed E-state index contributed by atoms with van der Waals surface area (Å²) in [5, 5.41) is 3.00. The highest BCUT2D eigenvalue weighted by Gasteiger charge is 2.56. The van der Waals surface area contributed by atoms with Crippen molar-refractivity contribution in [1.29, 1.82) is 0 Å². The van der Waals surface area contributed by atoms with E-state index in [1.807, 2.05) is 12.2 Å². The van der Waals surface area contributed by atoms with Gasteiger partial charge in [0.15, 0.2) is 0 Å². The van der Waals surface area contributed by atoms with Crippen molar-refractivity contribution in [2.45, 2.75) is 31.5 Å². The molecule has 18 heavy (non-hydrogen) atoms. The highest BCUT2D eigenvalue weighted by atomic mass is 19.1. The SMILES string of the molecule is CN1CCC2(CC1)C(=O)NC2C1=CCC(F)C=C1. The number of β-lactam (4-membered cyclic amide) rings is 1. The zero-order chi connectivity index (χ0) is 12.8. The Morgan fingerprint density at radius 2 is 2.17 bits per heavy atom. The van der Waals surface area contributed by atoms with Gasteiger partial charge in [-0.05, 0) is 38.6 Å². The van der Waals surface area contributed by atoms with Crippen LogP contribution >= 0.6 is 0 Å². The van der Waals surface area contributed by atoms with E-state index >= 15 is 0 Å². The van der Waals surface area contributed by atoms with Crippen LogP contribution in [0, 0.1) is 5.41 Å². The number of nitrogens with zero attached hydrogens (tertiary/aromatic N) is 1. The van der Waals surface area contributed by atoms with Crippen LogP contribution in [0.3, 0.4) is 0 Å². The molecule has 98 valence electrons. The number of carbonyl (C=O) groups excluding carboxylic acids is 1. The van der Waals surface area contributed by atoms with Gasteiger partial charge in [0.2, 0.25) is 5.91 Å². The Bertz CT molecular complexity index is 422. The molecule has 0 radical (unpaired) electrons. The van der Waals surface area contributed by atoms with Gasteiger partial charge in [-0.3, -0.25) is 4.79 Å². The molecule has 2 aliphatic heterocycles. The van der Waals surface area contributed by atoms with Crippen LogP contribution in [0.2, 0.25) is 0 Å². The van der Waals surface area contributed by atoms with Gasteiger partial charge in [0.05, 0.1) is 11.5 Å². The van der Waals surface area contributed by atoms with Crippen LogP contribution < -0.4 is 5.32 Å². The Morgan fingerprint density at radius 3 is 2.72 bits per heavy atom. The Balaban J connectivity index is 1.78. The van der Waals surface area contributed by atoms with E-state index in [4.69, 9.17) is 0 Å². The van der Waals surface area contributed by atoms with Gasteiger partial charge in [-0.25, -0.2) is 4.39 Å². The van der Waals surface area contributed by atoms with Gasteiger partial charge < -0.3 is 10.2 Å². The zero-order valence-electron chi connectivity index (χ0n) is 10.7. The van der Waals surface area contributed by atoms with E-state index < -0.39 is 6.17 Å². The smallest absolute Gasteiger partial charge is 0.229 e. The van der Waals surface area contributed by atoms with E-state index in [0.29, 0.717) is 6.42 Å². The van der Waals surface area contributed by atoms with E-state index in [9.17, 15) is 9.18 Å². The molecule has 0 aromatic rings. The van der Waals surface area contributed by atoms with Crippen LogP contribution in [-0.2, 0) is 4.79 Å². The molecule has 1 amide bonds. The van der Waals surface area contributed by atoms with Crippen molar-refractivity contribution >= 4 is 5.91 Å². The maximum absolute atomic E-state index is 13.1. The standard InChI is InChI=1S/C14H19FN2O/c1-17-8-6-14(7-9-17)12(16-13(14)18)10-2-4-11(15)5-3-10/h2-4,11-12H,5-9H2,1H3,(H,16,18). The minimum absolute atomic E-state index is 0.0995. The molecule has 0 aromatic heterocycles. The summed E-state index contributed by atoms with van der Waals surface area (Å²) in [6.45, 7) is 1.93. The van der Waals surface area contributed by atoms with Crippen LogP contribution in [0.25, 0.3) is 0 Å². The van der Waals surface area contributed by atoms with Gasteiger partial charge in [0.25, 0.3) is 0 Å². The minimum atomic E-state index is -0.863. The first-order valence-corrected chi connectivity index (χ1v) is 6.64. The quantitative estimate of drug-likeness (QED) is 0.714.